The van der Waals surface area contributed by atoms with E-state index >= 15 is 0 Å². The van der Waals surface area contributed by atoms with Crippen LogP contribution in [-0.2, 0) is 14.8 Å². The number of nitrogens with zero attached hydrogens (tertiary/aromatic N) is 1. The van der Waals surface area contributed by atoms with Crippen LogP contribution in [0.2, 0.25) is 0 Å². The topological polar surface area (TPSA) is 75.7 Å². The Morgan fingerprint density at radius 3 is 2.48 bits per heavy atom. The summed E-state index contributed by atoms with van der Waals surface area (Å²) in [7, 11) is -2.15. The zero-order valence-corrected chi connectivity index (χ0v) is 18.3. The highest BCUT2D eigenvalue weighted by atomic mass is 32.2. The molecule has 0 saturated heterocycles. The number of nitrogens with one attached hydrogen (secondary N) is 1. The molecular weight excluding hydrogens is 388 g/mol. The van der Waals surface area contributed by atoms with Gasteiger partial charge in [-0.1, -0.05) is 48.0 Å². The van der Waals surface area contributed by atoms with Crippen molar-refractivity contribution in [3.63, 3.8) is 0 Å². The smallest absolute Gasteiger partial charge is 0.243 e. The molecule has 0 bridgehead atoms. The maximum Gasteiger partial charge on any atom is 0.243 e. The van der Waals surface area contributed by atoms with Gasteiger partial charge in [0.15, 0.2) is 0 Å². The lowest BCUT2D eigenvalue weighted by atomic mass is 9.88. The van der Waals surface area contributed by atoms with Crippen LogP contribution in [-0.4, -0.2) is 37.5 Å². The molecule has 1 aliphatic heterocycles. The Morgan fingerprint density at radius 1 is 1.21 bits per heavy atom. The molecule has 1 N–H and O–H groups in total. The zero-order valence-electron chi connectivity index (χ0n) is 17.5. The second-order valence-corrected chi connectivity index (χ2v) is 10.3. The minimum Gasteiger partial charge on any atom is -0.487 e. The summed E-state index contributed by atoms with van der Waals surface area (Å²) in [6.07, 6.45) is 1.69. The van der Waals surface area contributed by atoms with Crippen LogP contribution >= 0.6 is 0 Å². The van der Waals surface area contributed by atoms with Gasteiger partial charge in [0.2, 0.25) is 15.9 Å². The first-order valence-corrected chi connectivity index (χ1v) is 11.4. The number of carbonyl (C=O) groups is 1. The minimum absolute atomic E-state index is 0.277. The van der Waals surface area contributed by atoms with E-state index in [1.165, 1.54) is 7.05 Å². The largest absolute Gasteiger partial charge is 0.487 e. The molecule has 156 valence electrons. The van der Waals surface area contributed by atoms with Crippen molar-refractivity contribution >= 4 is 15.9 Å². The van der Waals surface area contributed by atoms with Crippen molar-refractivity contribution in [2.24, 2.45) is 0 Å². The highest BCUT2D eigenvalue weighted by molar-refractivity contribution is 7.88. The number of aryl methyl sites for hydroxylation is 1. The summed E-state index contributed by atoms with van der Waals surface area (Å²) in [5.74, 6) is 0.379. The first-order chi connectivity index (χ1) is 13.5. The normalized spacial score (nSPS) is 19.2. The lowest BCUT2D eigenvalue weighted by Gasteiger charge is -2.39. The molecule has 2 aromatic rings. The summed E-state index contributed by atoms with van der Waals surface area (Å²) < 4.78 is 31.6. The van der Waals surface area contributed by atoms with Crippen LogP contribution in [0, 0.1) is 6.92 Å². The molecule has 0 radical (unpaired) electrons. The van der Waals surface area contributed by atoms with E-state index in [0.29, 0.717) is 12.0 Å². The van der Waals surface area contributed by atoms with Crippen molar-refractivity contribution in [2.45, 2.75) is 44.9 Å². The molecule has 1 heterocycles. The number of benzene rings is 2. The predicted molar refractivity (Wildman–Crippen MR) is 113 cm³/mol. The molecule has 0 aliphatic carbocycles. The van der Waals surface area contributed by atoms with Gasteiger partial charge < -0.3 is 10.1 Å². The van der Waals surface area contributed by atoms with Gasteiger partial charge in [-0.25, -0.2) is 8.42 Å². The van der Waals surface area contributed by atoms with E-state index in [-0.39, 0.29) is 11.9 Å². The molecule has 7 heteroatoms. The molecule has 0 spiro atoms. The third kappa shape index (κ3) is 4.79. The SMILES string of the molecule is Cc1ccc2c(c1)[C@H](NC(=O)[C@H](c1ccccc1)N(C)S(C)(=O)=O)CC(C)(C)O2. The van der Waals surface area contributed by atoms with Gasteiger partial charge in [0.1, 0.15) is 17.4 Å². The number of carbonyl (C=O) groups excluding carboxylic acids is 1. The number of hydrogen-bond donors (Lipinski definition) is 1. The summed E-state index contributed by atoms with van der Waals surface area (Å²) in [4.78, 5) is 13.3. The van der Waals surface area contributed by atoms with Gasteiger partial charge in [-0.05, 0) is 32.4 Å². The Morgan fingerprint density at radius 2 is 1.86 bits per heavy atom. The summed E-state index contributed by atoms with van der Waals surface area (Å²) in [6.45, 7) is 5.95. The number of ether oxygens (including phenoxy) is 1. The highest BCUT2D eigenvalue weighted by Crippen LogP contribution is 2.40. The van der Waals surface area contributed by atoms with E-state index in [2.05, 4.69) is 5.32 Å². The number of hydrogen-bond acceptors (Lipinski definition) is 4. The molecule has 3 rings (SSSR count). The maximum atomic E-state index is 13.3. The van der Waals surface area contributed by atoms with Crippen LogP contribution in [0.3, 0.4) is 0 Å². The Kier molecular flexibility index (Phi) is 5.74. The standard InChI is InChI=1S/C22H28N2O4S/c1-15-11-12-19-17(13-15)18(14-22(2,3)28-19)23-21(25)20(24(4)29(5,26)27)16-9-7-6-8-10-16/h6-13,18,20H,14H2,1-5H3,(H,23,25)/t18-,20+/m1/s1. The molecule has 0 aromatic heterocycles. The van der Waals surface area contributed by atoms with Gasteiger partial charge >= 0.3 is 0 Å². The van der Waals surface area contributed by atoms with Crippen molar-refractivity contribution < 1.29 is 17.9 Å². The van der Waals surface area contributed by atoms with Gasteiger partial charge in [0, 0.05) is 19.0 Å². The van der Waals surface area contributed by atoms with Crippen LogP contribution in [0.5, 0.6) is 5.75 Å². The van der Waals surface area contributed by atoms with Gasteiger partial charge in [0.05, 0.1) is 12.3 Å². The first-order valence-electron chi connectivity index (χ1n) is 9.56. The van der Waals surface area contributed by atoms with E-state index in [1.807, 2.05) is 45.0 Å². The van der Waals surface area contributed by atoms with Gasteiger partial charge in [-0.2, -0.15) is 4.31 Å². The van der Waals surface area contributed by atoms with Gasteiger partial charge in [0.25, 0.3) is 0 Å². The Hall–Kier alpha value is -2.38. The van der Waals surface area contributed by atoms with Crippen molar-refractivity contribution in [3.8, 4) is 5.75 Å². The molecule has 2 atom stereocenters. The van der Waals surface area contributed by atoms with Crippen molar-refractivity contribution in [2.75, 3.05) is 13.3 Å². The Bertz CT molecular complexity index is 1000. The second-order valence-electron chi connectivity index (χ2n) is 8.26. The summed E-state index contributed by atoms with van der Waals surface area (Å²) in [5.41, 5.74) is 2.14. The number of rotatable bonds is 5. The molecule has 0 saturated carbocycles. The molecular formula is C22H28N2O4S. The van der Waals surface area contributed by atoms with Gasteiger partial charge in [-0.3, -0.25) is 4.79 Å². The molecule has 29 heavy (non-hydrogen) atoms. The number of likely N-dealkylation sites (N-methyl/N-ethyl adjacent to an activating group) is 1. The fraction of sp³-hybridized carbons (Fsp3) is 0.409. The highest BCUT2D eigenvalue weighted by Gasteiger charge is 2.37. The third-order valence-corrected chi connectivity index (χ3v) is 6.45. The second kappa shape index (κ2) is 7.80. The molecule has 6 nitrogen and oxygen atoms in total. The lowest BCUT2D eigenvalue weighted by molar-refractivity contribution is -0.126. The average molecular weight is 417 g/mol. The fourth-order valence-corrected chi connectivity index (χ4v) is 4.31. The number of amides is 1. The van der Waals surface area contributed by atoms with Crippen molar-refractivity contribution in [1.29, 1.82) is 0 Å². The minimum atomic E-state index is -3.58. The Labute approximate surface area is 172 Å². The van der Waals surface area contributed by atoms with Crippen molar-refractivity contribution in [3.05, 3.63) is 65.2 Å². The average Bonchev–Trinajstić information content (AvgIpc) is 2.62. The van der Waals surface area contributed by atoms with Crippen LogP contribution in [0.25, 0.3) is 0 Å². The molecule has 0 fully saturated rings. The summed E-state index contributed by atoms with van der Waals surface area (Å²) in [6, 6.07) is 13.6. The monoisotopic (exact) mass is 416 g/mol. The Balaban J connectivity index is 1.97. The molecule has 1 amide bonds. The van der Waals surface area contributed by atoms with Crippen LogP contribution in [0.4, 0.5) is 0 Å². The van der Waals surface area contributed by atoms with Crippen LogP contribution in [0.1, 0.15) is 49.0 Å². The van der Waals surface area contributed by atoms with E-state index in [4.69, 9.17) is 4.74 Å². The predicted octanol–water partition coefficient (Wildman–Crippen LogP) is 3.35. The van der Waals surface area contributed by atoms with E-state index < -0.39 is 21.7 Å². The zero-order chi connectivity index (χ0) is 21.4. The van der Waals surface area contributed by atoms with E-state index in [0.717, 1.165) is 27.4 Å². The van der Waals surface area contributed by atoms with Crippen LogP contribution in [0.15, 0.2) is 48.5 Å². The summed E-state index contributed by atoms with van der Waals surface area (Å²) >= 11 is 0. The maximum absolute atomic E-state index is 13.3. The molecule has 2 aromatic carbocycles. The first kappa shape index (κ1) is 21.3. The van der Waals surface area contributed by atoms with E-state index in [9.17, 15) is 13.2 Å². The van der Waals surface area contributed by atoms with E-state index in [1.54, 1.807) is 24.3 Å². The number of sulfonamides is 1. The summed E-state index contributed by atoms with van der Waals surface area (Å²) in [5, 5.41) is 3.08. The molecule has 1 aliphatic rings. The lowest BCUT2D eigenvalue weighted by Crippen LogP contribution is -2.46. The van der Waals surface area contributed by atoms with Crippen molar-refractivity contribution in [1.82, 2.24) is 9.62 Å². The number of fused-ring (bicyclic) bond motifs is 1. The van der Waals surface area contributed by atoms with Crippen LogP contribution < -0.4 is 10.1 Å². The third-order valence-electron chi connectivity index (χ3n) is 5.19. The quantitative estimate of drug-likeness (QED) is 0.811. The van der Waals surface area contributed by atoms with Gasteiger partial charge in [-0.15, -0.1) is 0 Å². The fourth-order valence-electron chi connectivity index (χ4n) is 3.71. The molecule has 0 unspecified atom stereocenters.